The second-order valence-electron chi connectivity index (χ2n) is 7.22. The summed E-state index contributed by atoms with van der Waals surface area (Å²) in [6.45, 7) is 5.28. The van der Waals surface area contributed by atoms with Gasteiger partial charge < -0.3 is 19.7 Å². The number of amides is 2. The second-order valence-corrected chi connectivity index (χ2v) is 7.22. The van der Waals surface area contributed by atoms with Gasteiger partial charge in [0.1, 0.15) is 17.9 Å². The van der Waals surface area contributed by atoms with Gasteiger partial charge in [0.05, 0.1) is 13.1 Å². The summed E-state index contributed by atoms with van der Waals surface area (Å²) >= 11 is 0. The fourth-order valence-corrected chi connectivity index (χ4v) is 2.49. The van der Waals surface area contributed by atoms with E-state index in [0.29, 0.717) is 0 Å². The van der Waals surface area contributed by atoms with Gasteiger partial charge in [-0.3, -0.25) is 0 Å². The summed E-state index contributed by atoms with van der Waals surface area (Å²) in [5.41, 5.74) is -1.45. The highest BCUT2D eigenvalue weighted by Crippen LogP contribution is 2.25. The van der Waals surface area contributed by atoms with E-state index in [4.69, 9.17) is 9.47 Å². The first kappa shape index (κ1) is 19.0. The van der Waals surface area contributed by atoms with E-state index in [2.05, 4.69) is 5.32 Å². The molecule has 1 heterocycles. The van der Waals surface area contributed by atoms with Gasteiger partial charge in [-0.25, -0.2) is 14.0 Å². The van der Waals surface area contributed by atoms with E-state index in [1.807, 2.05) is 30.3 Å². The summed E-state index contributed by atoms with van der Waals surface area (Å²) in [7, 11) is 0. The highest BCUT2D eigenvalue weighted by atomic mass is 19.1. The Hall–Kier alpha value is -2.31. The van der Waals surface area contributed by atoms with E-state index in [1.165, 1.54) is 4.90 Å². The zero-order valence-electron chi connectivity index (χ0n) is 14.9. The Kier molecular flexibility index (Phi) is 5.87. The number of hydrogen-bond acceptors (Lipinski definition) is 4. The number of ether oxygens (including phenoxy) is 2. The van der Waals surface area contributed by atoms with Crippen molar-refractivity contribution in [1.82, 2.24) is 10.2 Å². The lowest BCUT2D eigenvalue weighted by Crippen LogP contribution is -2.44. The van der Waals surface area contributed by atoms with Gasteiger partial charge >= 0.3 is 12.2 Å². The first-order valence-corrected chi connectivity index (χ1v) is 8.28. The van der Waals surface area contributed by atoms with E-state index >= 15 is 0 Å². The van der Waals surface area contributed by atoms with Crippen molar-refractivity contribution in [3.8, 4) is 0 Å². The molecule has 1 aliphatic heterocycles. The van der Waals surface area contributed by atoms with Crippen LogP contribution in [-0.4, -0.2) is 48.0 Å². The van der Waals surface area contributed by atoms with Crippen molar-refractivity contribution in [2.24, 2.45) is 0 Å². The van der Waals surface area contributed by atoms with Crippen LogP contribution in [0, 0.1) is 0 Å². The van der Waals surface area contributed by atoms with Crippen molar-refractivity contribution in [2.45, 2.75) is 45.1 Å². The average Bonchev–Trinajstić information content (AvgIpc) is 2.93. The minimum atomic E-state index is -1.68. The second kappa shape index (κ2) is 7.72. The van der Waals surface area contributed by atoms with Crippen LogP contribution in [0.4, 0.5) is 14.0 Å². The van der Waals surface area contributed by atoms with Crippen LogP contribution in [0.5, 0.6) is 0 Å². The number of carbonyl (C=O) groups is 2. The Morgan fingerprint density at radius 1 is 1.28 bits per heavy atom. The molecule has 7 heteroatoms. The molecule has 1 aromatic rings. The van der Waals surface area contributed by atoms with Crippen LogP contribution in [0.3, 0.4) is 0 Å². The number of likely N-dealkylation sites (tertiary alicyclic amines) is 1. The molecule has 1 N–H and O–H groups in total. The quantitative estimate of drug-likeness (QED) is 0.903. The molecule has 25 heavy (non-hydrogen) atoms. The third kappa shape index (κ3) is 6.25. The zero-order chi connectivity index (χ0) is 18.5. The molecule has 1 unspecified atom stereocenters. The largest absolute Gasteiger partial charge is 0.445 e. The summed E-state index contributed by atoms with van der Waals surface area (Å²) in [6.07, 6.45) is -1.08. The van der Waals surface area contributed by atoms with Crippen molar-refractivity contribution >= 4 is 12.2 Å². The molecule has 1 fully saturated rings. The minimum Gasteiger partial charge on any atom is -0.445 e. The highest BCUT2D eigenvalue weighted by molar-refractivity contribution is 5.69. The first-order chi connectivity index (χ1) is 11.7. The summed E-state index contributed by atoms with van der Waals surface area (Å²) in [5.74, 6) is 0. The van der Waals surface area contributed by atoms with Crippen LogP contribution < -0.4 is 5.32 Å². The van der Waals surface area contributed by atoms with Gasteiger partial charge in [-0.15, -0.1) is 0 Å². The average molecular weight is 352 g/mol. The molecular weight excluding hydrogens is 327 g/mol. The van der Waals surface area contributed by atoms with Gasteiger partial charge in [-0.2, -0.15) is 0 Å². The maximum Gasteiger partial charge on any atom is 0.410 e. The number of carbonyl (C=O) groups excluding carboxylic acids is 2. The lowest BCUT2D eigenvalue weighted by molar-refractivity contribution is 0.0477. The third-order valence-corrected chi connectivity index (χ3v) is 3.72. The smallest absolute Gasteiger partial charge is 0.410 e. The summed E-state index contributed by atoms with van der Waals surface area (Å²) < 4.78 is 25.0. The molecule has 1 aliphatic rings. The lowest BCUT2D eigenvalue weighted by atomic mass is 10.1. The van der Waals surface area contributed by atoms with Gasteiger partial charge in [0, 0.05) is 13.0 Å². The Morgan fingerprint density at radius 2 is 1.96 bits per heavy atom. The topological polar surface area (TPSA) is 67.9 Å². The highest BCUT2D eigenvalue weighted by Gasteiger charge is 2.41. The molecule has 0 spiro atoms. The van der Waals surface area contributed by atoms with Crippen molar-refractivity contribution < 1.29 is 23.5 Å². The Labute approximate surface area is 147 Å². The number of rotatable bonds is 4. The Morgan fingerprint density at radius 3 is 2.60 bits per heavy atom. The van der Waals surface area contributed by atoms with Gasteiger partial charge in [0.2, 0.25) is 0 Å². The zero-order valence-corrected chi connectivity index (χ0v) is 14.9. The molecule has 1 aromatic carbocycles. The number of alkyl halides is 1. The maximum absolute atomic E-state index is 14.8. The predicted molar refractivity (Wildman–Crippen MR) is 90.9 cm³/mol. The normalized spacial score (nSPS) is 20.2. The van der Waals surface area contributed by atoms with E-state index in [0.717, 1.165) is 5.56 Å². The predicted octanol–water partition coefficient (Wildman–Crippen LogP) is 3.26. The number of hydrogen-bond donors (Lipinski definition) is 1. The van der Waals surface area contributed by atoms with Crippen LogP contribution >= 0.6 is 0 Å². The van der Waals surface area contributed by atoms with Gasteiger partial charge in [-0.05, 0) is 26.3 Å². The molecule has 2 rings (SSSR count). The fourth-order valence-electron chi connectivity index (χ4n) is 2.49. The number of nitrogens with zero attached hydrogens (tertiary/aromatic N) is 1. The summed E-state index contributed by atoms with van der Waals surface area (Å²) in [4.78, 5) is 25.0. The van der Waals surface area contributed by atoms with Crippen molar-refractivity contribution in [2.75, 3.05) is 19.6 Å². The molecule has 6 nitrogen and oxygen atoms in total. The van der Waals surface area contributed by atoms with Gasteiger partial charge in [-0.1, -0.05) is 30.3 Å². The van der Waals surface area contributed by atoms with E-state index in [-0.39, 0.29) is 32.7 Å². The Bertz CT molecular complexity index is 603. The standard InChI is InChI=1S/C18H25FN2O4/c1-17(2,3)25-15(22)20-12-18(19)9-10-21(13-18)16(23)24-11-14-7-5-4-6-8-14/h4-8H,9-13H2,1-3H3,(H,20,22). The Balaban J connectivity index is 1.77. The van der Waals surface area contributed by atoms with Crippen molar-refractivity contribution in [3.05, 3.63) is 35.9 Å². The monoisotopic (exact) mass is 352 g/mol. The molecular formula is C18H25FN2O4. The summed E-state index contributed by atoms with van der Waals surface area (Å²) in [6, 6.07) is 9.28. The minimum absolute atomic E-state index is 0.115. The van der Waals surface area contributed by atoms with Crippen LogP contribution in [0.15, 0.2) is 30.3 Å². The fraction of sp³-hybridized carbons (Fsp3) is 0.556. The van der Waals surface area contributed by atoms with E-state index in [9.17, 15) is 14.0 Å². The van der Waals surface area contributed by atoms with E-state index in [1.54, 1.807) is 20.8 Å². The van der Waals surface area contributed by atoms with Crippen LogP contribution in [0.1, 0.15) is 32.8 Å². The molecule has 0 bridgehead atoms. The SMILES string of the molecule is CC(C)(C)OC(=O)NCC1(F)CCN(C(=O)OCc2ccccc2)C1. The molecule has 0 aliphatic carbocycles. The molecule has 0 aromatic heterocycles. The van der Waals surface area contributed by atoms with Crippen molar-refractivity contribution in [1.29, 1.82) is 0 Å². The van der Waals surface area contributed by atoms with Crippen LogP contribution in [0.25, 0.3) is 0 Å². The first-order valence-electron chi connectivity index (χ1n) is 8.28. The summed E-state index contributed by atoms with van der Waals surface area (Å²) in [5, 5.41) is 2.42. The molecule has 1 atom stereocenters. The number of alkyl carbamates (subject to hydrolysis) is 1. The van der Waals surface area contributed by atoms with Crippen LogP contribution in [-0.2, 0) is 16.1 Å². The molecule has 1 saturated heterocycles. The third-order valence-electron chi connectivity index (χ3n) is 3.72. The van der Waals surface area contributed by atoms with Crippen LogP contribution in [0.2, 0.25) is 0 Å². The van der Waals surface area contributed by atoms with E-state index < -0.39 is 23.5 Å². The molecule has 2 amide bonds. The maximum atomic E-state index is 14.8. The number of nitrogens with one attached hydrogen (secondary N) is 1. The molecule has 0 radical (unpaired) electrons. The van der Waals surface area contributed by atoms with Gasteiger partial charge in [0.15, 0.2) is 0 Å². The number of halogens is 1. The van der Waals surface area contributed by atoms with Gasteiger partial charge in [0.25, 0.3) is 0 Å². The molecule has 138 valence electrons. The lowest BCUT2D eigenvalue weighted by Gasteiger charge is -2.23. The number of benzene rings is 1. The molecule has 0 saturated carbocycles. The van der Waals surface area contributed by atoms with Crippen molar-refractivity contribution in [3.63, 3.8) is 0 Å².